The number of aryl methyl sites for hydroxylation is 1. The number of nitrogens with zero attached hydrogens (tertiary/aromatic N) is 5. The van der Waals surface area contributed by atoms with Crippen molar-refractivity contribution >= 4 is 16.9 Å². The third-order valence-corrected chi connectivity index (χ3v) is 5.33. The second kappa shape index (κ2) is 5.40. The molecule has 7 nitrogen and oxygen atoms in total. The van der Waals surface area contributed by atoms with E-state index in [1.807, 2.05) is 18.0 Å². The summed E-state index contributed by atoms with van der Waals surface area (Å²) in [6, 6.07) is 1.86. The molecular weight excluding hydrogens is 318 g/mol. The molecule has 5 rings (SSSR count). The molecule has 1 fully saturated rings. The third kappa shape index (κ3) is 2.33. The molecule has 7 heteroatoms. The van der Waals surface area contributed by atoms with Gasteiger partial charge in [-0.15, -0.1) is 0 Å². The first kappa shape index (κ1) is 14.6. The van der Waals surface area contributed by atoms with Gasteiger partial charge in [0.25, 0.3) is 5.91 Å². The number of hydrogen-bond acceptors (Lipinski definition) is 5. The van der Waals surface area contributed by atoms with Crippen LogP contribution in [0.2, 0.25) is 0 Å². The van der Waals surface area contributed by atoms with E-state index in [-0.39, 0.29) is 5.91 Å². The maximum atomic E-state index is 12.9. The summed E-state index contributed by atoms with van der Waals surface area (Å²) < 4.78 is 7.67. The highest BCUT2D eigenvalue weighted by Gasteiger charge is 2.30. The predicted molar refractivity (Wildman–Crippen MR) is 90.0 cm³/mol. The minimum atomic E-state index is -0.0190. The van der Waals surface area contributed by atoms with E-state index in [1.54, 1.807) is 17.1 Å². The number of carbonyl (C=O) groups excluding carboxylic acids is 1. The molecule has 0 bridgehead atoms. The molecule has 1 saturated carbocycles. The van der Waals surface area contributed by atoms with E-state index in [9.17, 15) is 4.79 Å². The van der Waals surface area contributed by atoms with Crippen LogP contribution < -0.4 is 0 Å². The quantitative estimate of drug-likeness (QED) is 0.718. The van der Waals surface area contributed by atoms with Gasteiger partial charge in [-0.05, 0) is 18.9 Å². The summed E-state index contributed by atoms with van der Waals surface area (Å²) in [5.41, 5.74) is 3.15. The minimum absolute atomic E-state index is 0.0190. The molecule has 0 unspecified atom stereocenters. The molecule has 1 aliphatic carbocycles. The molecule has 0 aromatic carbocycles. The molecule has 1 amide bonds. The largest absolute Gasteiger partial charge is 0.445 e. The van der Waals surface area contributed by atoms with Gasteiger partial charge in [0.2, 0.25) is 0 Å². The van der Waals surface area contributed by atoms with E-state index in [2.05, 4.69) is 15.1 Å². The Morgan fingerprint density at radius 3 is 3.00 bits per heavy atom. The van der Waals surface area contributed by atoms with Crippen LogP contribution in [0.1, 0.15) is 52.9 Å². The molecule has 1 aliphatic heterocycles. The molecule has 128 valence electrons. The van der Waals surface area contributed by atoms with Gasteiger partial charge < -0.3 is 9.32 Å². The summed E-state index contributed by atoms with van der Waals surface area (Å²) in [7, 11) is 1.85. The fourth-order valence-electron chi connectivity index (χ4n) is 3.55. The lowest BCUT2D eigenvalue weighted by molar-refractivity contribution is 0.0727. The van der Waals surface area contributed by atoms with Gasteiger partial charge in [0.1, 0.15) is 17.0 Å². The zero-order valence-corrected chi connectivity index (χ0v) is 14.1. The maximum Gasteiger partial charge on any atom is 0.255 e. The Balaban J connectivity index is 1.40. The number of rotatable bonds is 2. The summed E-state index contributed by atoms with van der Waals surface area (Å²) in [5, 5.41) is 4.18. The molecule has 0 N–H and O–H groups in total. The SMILES string of the molecule is Cn1ncc2ncc(C(=O)N3CCc4oc(C5CCC5)nc4C3)cc21. The standard InChI is InChI=1S/C18H19N5O2/c1-22-15-7-12(8-19-13(15)9-20-22)18(24)23-6-5-16-14(10-23)21-17(25-16)11-3-2-4-11/h7-9,11H,2-6,10H2,1H3. The number of hydrogen-bond donors (Lipinski definition) is 0. The lowest BCUT2D eigenvalue weighted by Gasteiger charge is -2.25. The molecule has 4 heterocycles. The van der Waals surface area contributed by atoms with E-state index in [0.29, 0.717) is 24.6 Å². The van der Waals surface area contributed by atoms with Crippen molar-refractivity contribution in [2.45, 2.75) is 38.1 Å². The van der Waals surface area contributed by atoms with Gasteiger partial charge in [-0.2, -0.15) is 5.10 Å². The van der Waals surface area contributed by atoms with E-state index in [1.165, 1.54) is 19.3 Å². The van der Waals surface area contributed by atoms with Gasteiger partial charge in [0.15, 0.2) is 5.89 Å². The predicted octanol–water partition coefficient (Wildman–Crippen LogP) is 2.42. The Bertz CT molecular complexity index is 969. The fourth-order valence-corrected chi connectivity index (χ4v) is 3.55. The van der Waals surface area contributed by atoms with Crippen LogP contribution in [-0.4, -0.2) is 37.1 Å². The van der Waals surface area contributed by atoms with E-state index in [4.69, 9.17) is 4.42 Å². The maximum absolute atomic E-state index is 12.9. The van der Waals surface area contributed by atoms with Crippen LogP contribution in [0.15, 0.2) is 22.9 Å². The van der Waals surface area contributed by atoms with Gasteiger partial charge in [-0.3, -0.25) is 14.5 Å². The molecule has 0 saturated heterocycles. The number of amides is 1. The summed E-state index contributed by atoms with van der Waals surface area (Å²) in [4.78, 5) is 23.7. The van der Waals surface area contributed by atoms with Crippen molar-refractivity contribution in [3.63, 3.8) is 0 Å². The van der Waals surface area contributed by atoms with Gasteiger partial charge in [-0.1, -0.05) is 6.42 Å². The topological polar surface area (TPSA) is 77.0 Å². The zero-order valence-electron chi connectivity index (χ0n) is 14.1. The molecule has 25 heavy (non-hydrogen) atoms. The Morgan fingerprint density at radius 2 is 2.20 bits per heavy atom. The Hall–Kier alpha value is -2.70. The molecular formula is C18H19N5O2. The van der Waals surface area contributed by atoms with Crippen LogP contribution in [0.5, 0.6) is 0 Å². The highest BCUT2D eigenvalue weighted by Crippen LogP contribution is 2.37. The number of fused-ring (bicyclic) bond motifs is 2. The smallest absolute Gasteiger partial charge is 0.255 e. The summed E-state index contributed by atoms with van der Waals surface area (Å²) in [5.74, 6) is 2.27. The van der Waals surface area contributed by atoms with Crippen molar-refractivity contribution in [2.24, 2.45) is 7.05 Å². The second-order valence-corrected chi connectivity index (χ2v) is 6.92. The first-order valence-corrected chi connectivity index (χ1v) is 8.74. The normalized spacial score (nSPS) is 17.6. The Kier molecular flexibility index (Phi) is 3.16. The Morgan fingerprint density at radius 1 is 1.32 bits per heavy atom. The summed E-state index contributed by atoms with van der Waals surface area (Å²) in [6.07, 6.45) is 7.64. The lowest BCUT2D eigenvalue weighted by Crippen LogP contribution is -2.35. The van der Waals surface area contributed by atoms with Crippen LogP contribution in [0.3, 0.4) is 0 Å². The van der Waals surface area contributed by atoms with Crippen LogP contribution in [0, 0.1) is 0 Å². The van der Waals surface area contributed by atoms with Crippen molar-refractivity contribution < 1.29 is 9.21 Å². The second-order valence-electron chi connectivity index (χ2n) is 6.92. The first-order valence-electron chi connectivity index (χ1n) is 8.74. The van der Waals surface area contributed by atoms with Crippen LogP contribution in [0.4, 0.5) is 0 Å². The minimum Gasteiger partial charge on any atom is -0.445 e. The van der Waals surface area contributed by atoms with Gasteiger partial charge in [0, 0.05) is 32.1 Å². The molecule has 0 spiro atoms. The van der Waals surface area contributed by atoms with Crippen molar-refractivity contribution in [3.8, 4) is 0 Å². The number of aromatic nitrogens is 4. The number of pyridine rings is 1. The van der Waals surface area contributed by atoms with Crippen LogP contribution in [-0.2, 0) is 20.0 Å². The average molecular weight is 337 g/mol. The van der Waals surface area contributed by atoms with E-state index in [0.717, 1.165) is 34.8 Å². The number of carbonyl (C=O) groups is 1. The molecule has 0 radical (unpaired) electrons. The van der Waals surface area contributed by atoms with E-state index < -0.39 is 0 Å². The van der Waals surface area contributed by atoms with Gasteiger partial charge in [-0.25, -0.2) is 4.98 Å². The van der Waals surface area contributed by atoms with Crippen molar-refractivity contribution in [1.82, 2.24) is 24.6 Å². The molecule has 2 aliphatic rings. The van der Waals surface area contributed by atoms with Gasteiger partial charge in [0.05, 0.1) is 23.8 Å². The summed E-state index contributed by atoms with van der Waals surface area (Å²) in [6.45, 7) is 1.16. The molecule has 3 aromatic heterocycles. The Labute approximate surface area is 144 Å². The van der Waals surface area contributed by atoms with Gasteiger partial charge >= 0.3 is 0 Å². The van der Waals surface area contributed by atoms with E-state index >= 15 is 0 Å². The number of oxazole rings is 1. The average Bonchev–Trinajstić information content (AvgIpc) is 3.15. The van der Waals surface area contributed by atoms with Crippen molar-refractivity contribution in [3.05, 3.63) is 41.4 Å². The zero-order chi connectivity index (χ0) is 17.0. The van der Waals surface area contributed by atoms with Crippen molar-refractivity contribution in [1.29, 1.82) is 0 Å². The highest BCUT2D eigenvalue weighted by atomic mass is 16.4. The van der Waals surface area contributed by atoms with Crippen LogP contribution >= 0.6 is 0 Å². The fraction of sp³-hybridized carbons (Fsp3) is 0.444. The molecule has 3 aromatic rings. The third-order valence-electron chi connectivity index (χ3n) is 5.33. The van der Waals surface area contributed by atoms with Crippen LogP contribution in [0.25, 0.3) is 11.0 Å². The highest BCUT2D eigenvalue weighted by molar-refractivity contribution is 5.96. The summed E-state index contributed by atoms with van der Waals surface area (Å²) >= 11 is 0. The first-order chi connectivity index (χ1) is 12.2. The molecule has 0 atom stereocenters. The van der Waals surface area contributed by atoms with Crippen molar-refractivity contribution in [2.75, 3.05) is 6.54 Å². The monoisotopic (exact) mass is 337 g/mol. The lowest BCUT2D eigenvalue weighted by atomic mass is 9.85.